The number of carbonyl (C=O) groups excluding carboxylic acids is 1. The third kappa shape index (κ3) is 4.83. The van der Waals surface area contributed by atoms with Gasteiger partial charge in [-0.25, -0.2) is 9.37 Å². The maximum atomic E-state index is 13.7. The minimum atomic E-state index is -0.312. The summed E-state index contributed by atoms with van der Waals surface area (Å²) < 4.78 is 14.4. The molecule has 0 N–H and O–H groups in total. The van der Waals surface area contributed by atoms with Crippen LogP contribution in [0.1, 0.15) is 27.0 Å². The Morgan fingerprint density at radius 2 is 1.42 bits per heavy atom. The molecule has 0 saturated carbocycles. The molecule has 1 aromatic heterocycles. The SMILES string of the molecule is O=C(c1ccc(Cc2ccccc2)cc1)N(Cc1ccccc1)c1nc2ccc(F)cc2s1. The molecular formula is C28H21FN2OS. The molecule has 1 heterocycles. The van der Waals surface area contributed by atoms with Crippen LogP contribution in [0.3, 0.4) is 0 Å². The highest BCUT2D eigenvalue weighted by atomic mass is 32.1. The number of carbonyl (C=O) groups is 1. The van der Waals surface area contributed by atoms with Crippen molar-refractivity contribution in [3.8, 4) is 0 Å². The molecule has 1 amide bonds. The lowest BCUT2D eigenvalue weighted by Gasteiger charge is -2.20. The topological polar surface area (TPSA) is 33.2 Å². The van der Waals surface area contributed by atoms with Crippen LogP contribution in [0.15, 0.2) is 103 Å². The Balaban J connectivity index is 1.45. The van der Waals surface area contributed by atoms with Crippen LogP contribution < -0.4 is 4.90 Å². The van der Waals surface area contributed by atoms with Gasteiger partial charge in [-0.05, 0) is 53.4 Å². The van der Waals surface area contributed by atoms with Crippen LogP contribution in [-0.2, 0) is 13.0 Å². The minimum absolute atomic E-state index is 0.135. The number of amides is 1. The predicted molar refractivity (Wildman–Crippen MR) is 132 cm³/mol. The van der Waals surface area contributed by atoms with E-state index in [1.807, 2.05) is 72.8 Å². The van der Waals surface area contributed by atoms with Crippen molar-refractivity contribution in [3.63, 3.8) is 0 Å². The Labute approximate surface area is 195 Å². The van der Waals surface area contributed by atoms with Crippen LogP contribution >= 0.6 is 11.3 Å². The Hall–Kier alpha value is -3.83. The van der Waals surface area contributed by atoms with Crippen LogP contribution in [0.5, 0.6) is 0 Å². The molecular weight excluding hydrogens is 431 g/mol. The van der Waals surface area contributed by atoms with E-state index in [4.69, 9.17) is 0 Å². The van der Waals surface area contributed by atoms with Gasteiger partial charge in [-0.2, -0.15) is 0 Å². The second-order valence-corrected chi connectivity index (χ2v) is 8.85. The molecule has 5 rings (SSSR count). The lowest BCUT2D eigenvalue weighted by molar-refractivity contribution is 0.0985. The van der Waals surface area contributed by atoms with Gasteiger partial charge in [0.2, 0.25) is 0 Å². The molecule has 5 heteroatoms. The maximum Gasteiger partial charge on any atom is 0.260 e. The number of nitrogens with zero attached hydrogens (tertiary/aromatic N) is 2. The number of aromatic nitrogens is 1. The molecule has 0 atom stereocenters. The normalized spacial score (nSPS) is 10.9. The first-order valence-corrected chi connectivity index (χ1v) is 11.5. The van der Waals surface area contributed by atoms with E-state index in [-0.39, 0.29) is 11.7 Å². The van der Waals surface area contributed by atoms with E-state index in [1.165, 1.54) is 29.0 Å². The molecule has 5 aromatic rings. The summed E-state index contributed by atoms with van der Waals surface area (Å²) in [4.78, 5) is 19.9. The monoisotopic (exact) mass is 452 g/mol. The van der Waals surface area contributed by atoms with Crippen LogP contribution in [-0.4, -0.2) is 10.9 Å². The standard InChI is InChI=1S/C28H21FN2OS/c29-24-15-16-25-26(18-24)33-28(30-25)31(19-22-9-5-2-6-10-22)27(32)23-13-11-21(12-14-23)17-20-7-3-1-4-8-20/h1-16,18H,17,19H2. The van der Waals surface area contributed by atoms with Gasteiger partial charge in [0.05, 0.1) is 16.8 Å². The van der Waals surface area contributed by atoms with Gasteiger partial charge in [-0.3, -0.25) is 9.69 Å². The summed E-state index contributed by atoms with van der Waals surface area (Å²) >= 11 is 1.32. The number of benzene rings is 4. The second kappa shape index (κ2) is 9.35. The van der Waals surface area contributed by atoms with Crippen molar-refractivity contribution in [3.05, 3.63) is 131 Å². The Bertz CT molecular complexity index is 1380. The minimum Gasteiger partial charge on any atom is -0.279 e. The molecule has 0 bridgehead atoms. The summed E-state index contributed by atoms with van der Waals surface area (Å²) in [5.41, 5.74) is 4.64. The fourth-order valence-electron chi connectivity index (χ4n) is 3.75. The molecule has 33 heavy (non-hydrogen) atoms. The number of hydrogen-bond donors (Lipinski definition) is 0. The van der Waals surface area contributed by atoms with Crippen molar-refractivity contribution >= 4 is 32.6 Å². The largest absolute Gasteiger partial charge is 0.279 e. The van der Waals surface area contributed by atoms with Crippen molar-refractivity contribution in [2.24, 2.45) is 0 Å². The van der Waals surface area contributed by atoms with Crippen molar-refractivity contribution in [2.45, 2.75) is 13.0 Å². The van der Waals surface area contributed by atoms with E-state index in [1.54, 1.807) is 11.0 Å². The fourth-order valence-corrected chi connectivity index (χ4v) is 4.73. The maximum absolute atomic E-state index is 13.7. The Kier molecular flexibility index (Phi) is 5.96. The van der Waals surface area contributed by atoms with Crippen molar-refractivity contribution in [1.29, 1.82) is 0 Å². The highest BCUT2D eigenvalue weighted by Gasteiger charge is 2.22. The van der Waals surface area contributed by atoms with Crippen LogP contribution in [0.4, 0.5) is 9.52 Å². The van der Waals surface area contributed by atoms with E-state index in [9.17, 15) is 9.18 Å². The van der Waals surface area contributed by atoms with E-state index < -0.39 is 0 Å². The Morgan fingerprint density at radius 1 is 0.788 bits per heavy atom. The molecule has 0 saturated heterocycles. The van der Waals surface area contributed by atoms with Gasteiger partial charge in [-0.1, -0.05) is 84.1 Å². The van der Waals surface area contributed by atoms with Gasteiger partial charge in [0, 0.05) is 5.56 Å². The van der Waals surface area contributed by atoms with Gasteiger partial charge in [0.15, 0.2) is 5.13 Å². The van der Waals surface area contributed by atoms with E-state index >= 15 is 0 Å². The highest BCUT2D eigenvalue weighted by molar-refractivity contribution is 7.22. The summed E-state index contributed by atoms with van der Waals surface area (Å²) in [5, 5.41) is 0.554. The molecule has 0 spiro atoms. The third-order valence-corrected chi connectivity index (χ3v) is 6.49. The third-order valence-electron chi connectivity index (χ3n) is 5.45. The van der Waals surface area contributed by atoms with Gasteiger partial charge in [-0.15, -0.1) is 0 Å². The summed E-state index contributed by atoms with van der Waals surface area (Å²) in [6, 6.07) is 32.3. The molecule has 0 fully saturated rings. The Morgan fingerprint density at radius 3 is 2.12 bits per heavy atom. The molecule has 0 unspecified atom stereocenters. The number of anilines is 1. The first kappa shape index (κ1) is 21.0. The molecule has 0 radical (unpaired) electrons. The van der Waals surface area contributed by atoms with Crippen molar-refractivity contribution in [2.75, 3.05) is 4.90 Å². The first-order valence-electron chi connectivity index (χ1n) is 10.7. The van der Waals surface area contributed by atoms with Gasteiger partial charge in [0.1, 0.15) is 5.82 Å². The molecule has 0 aliphatic heterocycles. The lowest BCUT2D eigenvalue weighted by Crippen LogP contribution is -2.30. The number of thiazole rings is 1. The zero-order valence-corrected chi connectivity index (χ0v) is 18.6. The summed E-state index contributed by atoms with van der Waals surface area (Å²) in [5.74, 6) is -0.447. The molecule has 3 nitrogen and oxygen atoms in total. The van der Waals surface area contributed by atoms with Crippen LogP contribution in [0, 0.1) is 5.82 Å². The number of hydrogen-bond acceptors (Lipinski definition) is 3. The summed E-state index contributed by atoms with van der Waals surface area (Å²) in [6.07, 6.45) is 0.812. The van der Waals surface area contributed by atoms with Crippen LogP contribution in [0.2, 0.25) is 0 Å². The van der Waals surface area contributed by atoms with Crippen molar-refractivity contribution in [1.82, 2.24) is 4.98 Å². The zero-order chi connectivity index (χ0) is 22.6. The summed E-state index contributed by atoms with van der Waals surface area (Å²) in [7, 11) is 0. The van der Waals surface area contributed by atoms with Crippen molar-refractivity contribution < 1.29 is 9.18 Å². The molecule has 4 aromatic carbocycles. The fraction of sp³-hybridized carbons (Fsp3) is 0.0714. The molecule has 0 aliphatic carbocycles. The van der Waals surface area contributed by atoms with E-state index in [0.717, 1.165) is 17.5 Å². The second-order valence-electron chi connectivity index (χ2n) is 7.84. The smallest absolute Gasteiger partial charge is 0.260 e. The van der Waals surface area contributed by atoms with Gasteiger partial charge in [0.25, 0.3) is 5.91 Å². The van der Waals surface area contributed by atoms with E-state index in [2.05, 4.69) is 17.1 Å². The lowest BCUT2D eigenvalue weighted by atomic mass is 10.0. The zero-order valence-electron chi connectivity index (χ0n) is 17.8. The van der Waals surface area contributed by atoms with Gasteiger partial charge < -0.3 is 0 Å². The molecule has 162 valence electrons. The quantitative estimate of drug-likeness (QED) is 0.282. The van der Waals surface area contributed by atoms with Crippen LogP contribution in [0.25, 0.3) is 10.2 Å². The number of fused-ring (bicyclic) bond motifs is 1. The highest BCUT2D eigenvalue weighted by Crippen LogP contribution is 2.31. The molecule has 0 aliphatic rings. The average molecular weight is 453 g/mol. The average Bonchev–Trinajstić information content (AvgIpc) is 3.27. The van der Waals surface area contributed by atoms with E-state index in [0.29, 0.717) is 27.5 Å². The number of rotatable bonds is 6. The first-order chi connectivity index (χ1) is 16.2. The van der Waals surface area contributed by atoms with Gasteiger partial charge >= 0.3 is 0 Å². The number of halogens is 1. The summed E-state index contributed by atoms with van der Waals surface area (Å²) in [6.45, 7) is 0.383. The predicted octanol–water partition coefficient (Wildman–Crippen LogP) is 6.87.